The quantitative estimate of drug-likeness (QED) is 0.449. The molecular weight excluding hydrogens is 380 g/mol. The SMILES string of the molecule is CCN(CC)CCS[C@H](CC(=O)c1ccc(OC)cc1)c1ccc(N(C)C)cc1. The summed E-state index contributed by atoms with van der Waals surface area (Å²) in [5.41, 5.74) is 3.12. The van der Waals surface area contributed by atoms with E-state index in [9.17, 15) is 4.79 Å². The van der Waals surface area contributed by atoms with E-state index in [0.29, 0.717) is 6.42 Å². The van der Waals surface area contributed by atoms with Gasteiger partial charge < -0.3 is 14.5 Å². The highest BCUT2D eigenvalue weighted by Gasteiger charge is 2.18. The van der Waals surface area contributed by atoms with Crippen LogP contribution in [0.15, 0.2) is 48.5 Å². The molecule has 1 atom stereocenters. The summed E-state index contributed by atoms with van der Waals surface area (Å²) in [6.07, 6.45) is 0.497. The maximum absolute atomic E-state index is 12.9. The van der Waals surface area contributed by atoms with Crippen LogP contribution in [0.1, 0.15) is 41.4 Å². The zero-order valence-electron chi connectivity index (χ0n) is 18.4. The highest BCUT2D eigenvalue weighted by molar-refractivity contribution is 7.99. The lowest BCUT2D eigenvalue weighted by Crippen LogP contribution is -2.25. The van der Waals surface area contributed by atoms with Crippen molar-refractivity contribution >= 4 is 23.2 Å². The summed E-state index contributed by atoms with van der Waals surface area (Å²) in [4.78, 5) is 17.5. The third-order valence-corrected chi connectivity index (χ3v) is 6.44. The number of thioether (sulfide) groups is 1. The lowest BCUT2D eigenvalue weighted by atomic mass is 10.0. The molecular formula is C24H34N2O2S. The molecule has 0 saturated heterocycles. The van der Waals surface area contributed by atoms with E-state index in [2.05, 4.69) is 47.9 Å². The van der Waals surface area contributed by atoms with Crippen molar-refractivity contribution in [1.82, 2.24) is 4.90 Å². The molecule has 2 aromatic rings. The van der Waals surface area contributed by atoms with Gasteiger partial charge in [0.15, 0.2) is 5.78 Å². The summed E-state index contributed by atoms with van der Waals surface area (Å²) in [6.45, 7) is 7.55. The van der Waals surface area contributed by atoms with Crippen LogP contribution in [0.2, 0.25) is 0 Å². The molecule has 0 bridgehead atoms. The van der Waals surface area contributed by atoms with E-state index in [1.807, 2.05) is 50.1 Å². The number of anilines is 1. The zero-order chi connectivity index (χ0) is 21.2. The first-order valence-corrected chi connectivity index (χ1v) is 11.3. The van der Waals surface area contributed by atoms with Crippen LogP contribution < -0.4 is 9.64 Å². The van der Waals surface area contributed by atoms with E-state index in [4.69, 9.17) is 4.74 Å². The van der Waals surface area contributed by atoms with E-state index in [0.717, 1.165) is 36.7 Å². The molecule has 4 nitrogen and oxygen atoms in total. The van der Waals surface area contributed by atoms with Crippen molar-refractivity contribution in [3.05, 3.63) is 59.7 Å². The molecule has 2 aromatic carbocycles. The molecule has 0 aliphatic heterocycles. The Morgan fingerprint density at radius 2 is 1.62 bits per heavy atom. The predicted octanol–water partition coefficient (Wildman–Crippen LogP) is 5.15. The first-order chi connectivity index (χ1) is 14.0. The molecule has 0 fully saturated rings. The average Bonchev–Trinajstić information content (AvgIpc) is 2.76. The van der Waals surface area contributed by atoms with Crippen LogP contribution in [0, 0.1) is 0 Å². The Morgan fingerprint density at radius 3 is 2.14 bits per heavy atom. The highest BCUT2D eigenvalue weighted by Crippen LogP contribution is 2.34. The van der Waals surface area contributed by atoms with Gasteiger partial charge in [-0.3, -0.25) is 4.79 Å². The molecule has 0 aromatic heterocycles. The minimum absolute atomic E-state index is 0.149. The van der Waals surface area contributed by atoms with Crippen LogP contribution in [-0.2, 0) is 0 Å². The van der Waals surface area contributed by atoms with Gasteiger partial charge in [-0.05, 0) is 55.1 Å². The lowest BCUT2D eigenvalue weighted by molar-refractivity contribution is 0.0982. The first-order valence-electron chi connectivity index (χ1n) is 10.3. The molecule has 2 rings (SSSR count). The fraction of sp³-hybridized carbons (Fsp3) is 0.458. The van der Waals surface area contributed by atoms with E-state index in [1.165, 1.54) is 11.3 Å². The molecule has 158 valence electrons. The number of nitrogens with zero attached hydrogens (tertiary/aromatic N) is 2. The van der Waals surface area contributed by atoms with Gasteiger partial charge >= 0.3 is 0 Å². The van der Waals surface area contributed by atoms with Gasteiger partial charge in [0, 0.05) is 49.3 Å². The molecule has 0 N–H and O–H groups in total. The number of methoxy groups -OCH3 is 1. The minimum Gasteiger partial charge on any atom is -0.497 e. The summed E-state index contributed by atoms with van der Waals surface area (Å²) in [6, 6.07) is 16.0. The Morgan fingerprint density at radius 1 is 1.00 bits per heavy atom. The van der Waals surface area contributed by atoms with Crippen LogP contribution in [0.5, 0.6) is 5.75 Å². The number of carbonyl (C=O) groups is 1. The zero-order valence-corrected chi connectivity index (χ0v) is 19.2. The minimum atomic E-state index is 0.149. The first kappa shape index (κ1) is 23.3. The molecule has 0 radical (unpaired) electrons. The third kappa shape index (κ3) is 7.09. The van der Waals surface area contributed by atoms with Crippen LogP contribution in [-0.4, -0.2) is 57.3 Å². The van der Waals surface area contributed by atoms with E-state index in [-0.39, 0.29) is 11.0 Å². The van der Waals surface area contributed by atoms with E-state index in [1.54, 1.807) is 7.11 Å². The van der Waals surface area contributed by atoms with Gasteiger partial charge in [-0.25, -0.2) is 0 Å². The van der Waals surface area contributed by atoms with Crippen molar-refractivity contribution < 1.29 is 9.53 Å². The Hall–Kier alpha value is -1.98. The van der Waals surface area contributed by atoms with Crippen molar-refractivity contribution in [3.8, 4) is 5.75 Å². The normalized spacial score (nSPS) is 12.1. The Balaban J connectivity index is 2.12. The standard InChI is InChI=1S/C24H34N2O2S/c1-6-26(7-2)16-17-29-24(20-8-12-21(13-9-20)25(3)4)18-23(27)19-10-14-22(28-5)15-11-19/h8-15,24H,6-7,16-18H2,1-5H3/t24-/m1/s1. The van der Waals surface area contributed by atoms with Crippen molar-refractivity contribution in [1.29, 1.82) is 0 Å². The number of ketones is 1. The third-order valence-electron chi connectivity index (χ3n) is 5.19. The largest absolute Gasteiger partial charge is 0.497 e. The van der Waals surface area contributed by atoms with Gasteiger partial charge in [0.2, 0.25) is 0 Å². The summed E-state index contributed by atoms with van der Waals surface area (Å²) in [7, 11) is 5.72. The summed E-state index contributed by atoms with van der Waals surface area (Å²) in [5, 5.41) is 0.149. The summed E-state index contributed by atoms with van der Waals surface area (Å²) < 4.78 is 5.20. The number of hydrogen-bond donors (Lipinski definition) is 0. The smallest absolute Gasteiger partial charge is 0.164 e. The molecule has 0 amide bonds. The van der Waals surface area contributed by atoms with Crippen LogP contribution >= 0.6 is 11.8 Å². The van der Waals surface area contributed by atoms with Crippen molar-refractivity contribution in [2.24, 2.45) is 0 Å². The number of benzene rings is 2. The van der Waals surface area contributed by atoms with Gasteiger partial charge in [0.25, 0.3) is 0 Å². The molecule has 0 aliphatic rings. The second kappa shape index (κ2) is 11.9. The monoisotopic (exact) mass is 414 g/mol. The van der Waals surface area contributed by atoms with E-state index < -0.39 is 0 Å². The topological polar surface area (TPSA) is 32.8 Å². The van der Waals surface area contributed by atoms with Crippen LogP contribution in [0.4, 0.5) is 5.69 Å². The second-order valence-corrected chi connectivity index (χ2v) is 8.54. The van der Waals surface area contributed by atoms with Gasteiger partial charge in [-0.15, -0.1) is 0 Å². The highest BCUT2D eigenvalue weighted by atomic mass is 32.2. The van der Waals surface area contributed by atoms with Gasteiger partial charge in [-0.2, -0.15) is 11.8 Å². The van der Waals surface area contributed by atoms with Gasteiger partial charge in [0.05, 0.1) is 7.11 Å². The Bertz CT molecular complexity index is 740. The fourth-order valence-electron chi connectivity index (χ4n) is 3.19. The van der Waals surface area contributed by atoms with Crippen LogP contribution in [0.3, 0.4) is 0 Å². The second-order valence-electron chi connectivity index (χ2n) is 7.23. The van der Waals surface area contributed by atoms with Crippen molar-refractivity contribution in [2.75, 3.05) is 51.5 Å². The number of carbonyl (C=O) groups excluding carboxylic acids is 1. The maximum atomic E-state index is 12.9. The Labute approximate surface area is 180 Å². The van der Waals surface area contributed by atoms with Crippen molar-refractivity contribution in [2.45, 2.75) is 25.5 Å². The number of rotatable bonds is 12. The van der Waals surface area contributed by atoms with Crippen LogP contribution in [0.25, 0.3) is 0 Å². The predicted molar refractivity (Wildman–Crippen MR) is 126 cm³/mol. The molecule has 29 heavy (non-hydrogen) atoms. The molecule has 5 heteroatoms. The number of hydrogen-bond acceptors (Lipinski definition) is 5. The summed E-state index contributed by atoms with van der Waals surface area (Å²) >= 11 is 1.88. The molecule has 0 aliphatic carbocycles. The van der Waals surface area contributed by atoms with Gasteiger partial charge in [0.1, 0.15) is 5.75 Å². The Kier molecular flexibility index (Phi) is 9.55. The molecule has 0 spiro atoms. The van der Waals surface area contributed by atoms with Gasteiger partial charge in [-0.1, -0.05) is 26.0 Å². The average molecular weight is 415 g/mol. The molecule has 0 unspecified atom stereocenters. The fourth-order valence-corrected chi connectivity index (χ4v) is 4.45. The molecule has 0 heterocycles. The summed E-state index contributed by atoms with van der Waals surface area (Å²) in [5.74, 6) is 1.95. The number of Topliss-reactive ketones (excluding diaryl/α,β-unsaturated/α-hetero) is 1. The van der Waals surface area contributed by atoms with E-state index >= 15 is 0 Å². The lowest BCUT2D eigenvalue weighted by Gasteiger charge is -2.22. The van der Waals surface area contributed by atoms with Crippen molar-refractivity contribution in [3.63, 3.8) is 0 Å². The maximum Gasteiger partial charge on any atom is 0.164 e. The molecule has 0 saturated carbocycles. The number of ether oxygens (including phenoxy) is 1.